The summed E-state index contributed by atoms with van der Waals surface area (Å²) in [5.41, 5.74) is 0. The van der Waals surface area contributed by atoms with Gasteiger partial charge in [0.05, 0.1) is 13.2 Å². The maximum absolute atomic E-state index is 11.6. The molecule has 0 atom stereocenters. The summed E-state index contributed by atoms with van der Waals surface area (Å²) in [7, 11) is -2.05. The Labute approximate surface area is 104 Å². The van der Waals surface area contributed by atoms with Gasteiger partial charge in [-0.2, -0.15) is 0 Å². The third kappa shape index (κ3) is 4.82. The number of carbonyl (C=O) groups excluding carboxylic acids is 1. The largest absolute Gasteiger partial charge is 0.383 e. The first-order valence-electron chi connectivity index (χ1n) is 4.85. The zero-order chi connectivity index (χ0) is 12.7. The molecule has 0 bridgehead atoms. The average molecular weight is 278 g/mol. The molecule has 2 N–H and O–H groups in total. The maximum atomic E-state index is 11.6. The van der Waals surface area contributed by atoms with Crippen LogP contribution in [0.5, 0.6) is 0 Å². The van der Waals surface area contributed by atoms with Gasteiger partial charge in [-0.05, 0) is 11.4 Å². The lowest BCUT2D eigenvalue weighted by molar-refractivity contribution is -0.120. The Bertz CT molecular complexity index is 442. The average Bonchev–Trinajstić information content (AvgIpc) is 2.81. The van der Waals surface area contributed by atoms with Crippen molar-refractivity contribution in [1.82, 2.24) is 10.0 Å². The van der Waals surface area contributed by atoms with E-state index in [9.17, 15) is 13.2 Å². The van der Waals surface area contributed by atoms with E-state index in [2.05, 4.69) is 10.0 Å². The van der Waals surface area contributed by atoms with Crippen molar-refractivity contribution in [3.8, 4) is 0 Å². The molecule has 8 heteroatoms. The van der Waals surface area contributed by atoms with Crippen molar-refractivity contribution in [2.45, 2.75) is 4.21 Å². The van der Waals surface area contributed by atoms with Crippen LogP contribution in [-0.4, -0.2) is 41.1 Å². The monoisotopic (exact) mass is 278 g/mol. The highest BCUT2D eigenvalue weighted by atomic mass is 32.2. The Morgan fingerprint density at radius 3 is 2.88 bits per heavy atom. The predicted octanol–water partition coefficient (Wildman–Crippen LogP) is -0.211. The van der Waals surface area contributed by atoms with E-state index in [4.69, 9.17) is 4.74 Å². The lowest BCUT2D eigenvalue weighted by Crippen LogP contribution is -2.37. The fourth-order valence-electron chi connectivity index (χ4n) is 1.00. The van der Waals surface area contributed by atoms with Gasteiger partial charge in [0.2, 0.25) is 5.91 Å². The summed E-state index contributed by atoms with van der Waals surface area (Å²) in [6.45, 7) is 0.476. The van der Waals surface area contributed by atoms with E-state index in [0.717, 1.165) is 11.3 Å². The molecule has 0 spiro atoms. The number of hydrogen-bond acceptors (Lipinski definition) is 5. The number of amides is 1. The molecular weight excluding hydrogens is 264 g/mol. The molecule has 0 saturated carbocycles. The normalized spacial score (nSPS) is 11.4. The molecule has 0 aliphatic carbocycles. The number of nitrogens with one attached hydrogen (secondary N) is 2. The van der Waals surface area contributed by atoms with Gasteiger partial charge in [0, 0.05) is 13.7 Å². The molecule has 0 radical (unpaired) electrons. The van der Waals surface area contributed by atoms with Crippen LogP contribution in [-0.2, 0) is 19.6 Å². The molecule has 0 aromatic carbocycles. The Morgan fingerprint density at radius 2 is 2.29 bits per heavy atom. The van der Waals surface area contributed by atoms with Gasteiger partial charge in [-0.1, -0.05) is 6.07 Å². The van der Waals surface area contributed by atoms with Crippen molar-refractivity contribution in [3.05, 3.63) is 17.5 Å². The van der Waals surface area contributed by atoms with Crippen molar-refractivity contribution >= 4 is 27.3 Å². The quantitative estimate of drug-likeness (QED) is 0.676. The summed E-state index contributed by atoms with van der Waals surface area (Å²) in [6, 6.07) is 3.12. The number of carbonyl (C=O) groups is 1. The van der Waals surface area contributed by atoms with E-state index in [-0.39, 0.29) is 16.7 Å². The highest BCUT2D eigenvalue weighted by molar-refractivity contribution is 7.91. The SMILES string of the molecule is COCCNC(=O)CNS(=O)(=O)c1cccs1. The molecule has 17 heavy (non-hydrogen) atoms. The summed E-state index contributed by atoms with van der Waals surface area (Å²) in [5, 5.41) is 4.17. The standard InChI is InChI=1S/C9H14N2O4S2/c1-15-5-4-10-8(12)7-11-17(13,14)9-3-2-6-16-9/h2-3,6,11H,4-5,7H2,1H3,(H,10,12). The molecule has 1 aromatic rings. The number of thiophene rings is 1. The fourth-order valence-corrected chi connectivity index (χ4v) is 3.02. The minimum atomic E-state index is -3.57. The Balaban J connectivity index is 2.38. The first kappa shape index (κ1) is 14.1. The zero-order valence-electron chi connectivity index (χ0n) is 9.30. The fraction of sp³-hybridized carbons (Fsp3) is 0.444. The molecule has 1 rings (SSSR count). The summed E-state index contributed by atoms with van der Waals surface area (Å²) in [6.07, 6.45) is 0. The third-order valence-corrected chi connectivity index (χ3v) is 4.61. The van der Waals surface area contributed by atoms with Gasteiger partial charge in [-0.25, -0.2) is 13.1 Å². The summed E-state index contributed by atoms with van der Waals surface area (Å²) < 4.78 is 30.4. The first-order valence-corrected chi connectivity index (χ1v) is 7.21. The van der Waals surface area contributed by atoms with Gasteiger partial charge in [0.1, 0.15) is 4.21 Å². The van der Waals surface area contributed by atoms with E-state index in [0.29, 0.717) is 13.2 Å². The van der Waals surface area contributed by atoms with E-state index < -0.39 is 10.0 Å². The zero-order valence-corrected chi connectivity index (χ0v) is 10.9. The summed E-state index contributed by atoms with van der Waals surface area (Å²) >= 11 is 1.10. The van der Waals surface area contributed by atoms with Gasteiger partial charge in [-0.15, -0.1) is 11.3 Å². The van der Waals surface area contributed by atoms with Crippen molar-refractivity contribution in [2.24, 2.45) is 0 Å². The second-order valence-electron chi connectivity index (χ2n) is 3.10. The van der Waals surface area contributed by atoms with Gasteiger partial charge >= 0.3 is 0 Å². The maximum Gasteiger partial charge on any atom is 0.250 e. The van der Waals surface area contributed by atoms with Gasteiger partial charge in [0.15, 0.2) is 0 Å². The van der Waals surface area contributed by atoms with Gasteiger partial charge in [-0.3, -0.25) is 4.79 Å². The van der Waals surface area contributed by atoms with Crippen LogP contribution >= 0.6 is 11.3 Å². The minimum Gasteiger partial charge on any atom is -0.383 e. The second kappa shape index (κ2) is 6.70. The molecular formula is C9H14N2O4S2. The predicted molar refractivity (Wildman–Crippen MR) is 64.4 cm³/mol. The third-order valence-electron chi connectivity index (χ3n) is 1.81. The number of methoxy groups -OCH3 is 1. The molecule has 6 nitrogen and oxygen atoms in total. The van der Waals surface area contributed by atoms with Crippen LogP contribution in [0.3, 0.4) is 0 Å². The van der Waals surface area contributed by atoms with Gasteiger partial charge in [0.25, 0.3) is 10.0 Å². The van der Waals surface area contributed by atoms with E-state index in [1.165, 1.54) is 13.2 Å². The Morgan fingerprint density at radius 1 is 1.53 bits per heavy atom. The van der Waals surface area contributed by atoms with E-state index in [1.807, 2.05) is 0 Å². The molecule has 0 unspecified atom stereocenters. The van der Waals surface area contributed by atoms with E-state index in [1.54, 1.807) is 11.4 Å². The highest BCUT2D eigenvalue weighted by Crippen LogP contribution is 2.14. The van der Waals surface area contributed by atoms with Crippen LogP contribution in [0, 0.1) is 0 Å². The second-order valence-corrected chi connectivity index (χ2v) is 6.04. The molecule has 0 fully saturated rings. The van der Waals surface area contributed by atoms with Crippen LogP contribution in [0.15, 0.2) is 21.7 Å². The Hall–Kier alpha value is -0.960. The van der Waals surface area contributed by atoms with Gasteiger partial charge < -0.3 is 10.1 Å². The van der Waals surface area contributed by atoms with Crippen LogP contribution in [0.1, 0.15) is 0 Å². The number of rotatable bonds is 7. The van der Waals surface area contributed by atoms with Crippen LogP contribution < -0.4 is 10.0 Å². The summed E-state index contributed by atoms with van der Waals surface area (Å²) in [4.78, 5) is 11.2. The number of sulfonamides is 1. The van der Waals surface area contributed by atoms with Crippen molar-refractivity contribution in [2.75, 3.05) is 26.8 Å². The van der Waals surface area contributed by atoms with Crippen molar-refractivity contribution in [3.63, 3.8) is 0 Å². The summed E-state index contributed by atoms with van der Waals surface area (Å²) in [5.74, 6) is -0.387. The topological polar surface area (TPSA) is 84.5 Å². The minimum absolute atomic E-state index is 0.196. The van der Waals surface area contributed by atoms with Crippen LogP contribution in [0.2, 0.25) is 0 Å². The molecule has 96 valence electrons. The molecule has 0 aliphatic rings. The molecule has 0 aliphatic heterocycles. The van der Waals surface area contributed by atoms with Crippen molar-refractivity contribution in [1.29, 1.82) is 0 Å². The lowest BCUT2D eigenvalue weighted by atomic mass is 10.6. The number of hydrogen-bond donors (Lipinski definition) is 2. The number of ether oxygens (including phenoxy) is 1. The lowest BCUT2D eigenvalue weighted by Gasteiger charge is -2.05. The Kier molecular flexibility index (Phi) is 5.56. The van der Waals surface area contributed by atoms with Crippen LogP contribution in [0.4, 0.5) is 0 Å². The van der Waals surface area contributed by atoms with Crippen molar-refractivity contribution < 1.29 is 17.9 Å². The first-order chi connectivity index (χ1) is 8.06. The van der Waals surface area contributed by atoms with Crippen LogP contribution in [0.25, 0.3) is 0 Å². The molecule has 1 aromatic heterocycles. The smallest absolute Gasteiger partial charge is 0.250 e. The highest BCUT2D eigenvalue weighted by Gasteiger charge is 2.15. The molecule has 1 heterocycles. The van der Waals surface area contributed by atoms with E-state index >= 15 is 0 Å². The molecule has 1 amide bonds. The molecule has 0 saturated heterocycles.